The van der Waals surface area contributed by atoms with E-state index < -0.39 is 0 Å². The highest BCUT2D eigenvalue weighted by Gasteiger charge is 2.31. The molecule has 110 valence electrons. The molecular formula is C14H22N4O2. The highest BCUT2D eigenvalue weighted by Crippen LogP contribution is 2.42. The number of H-pyrrole nitrogens is 1. The molecule has 0 radical (unpaired) electrons. The molecule has 6 nitrogen and oxygen atoms in total. The smallest absolute Gasteiger partial charge is 0.276 e. The molecular weight excluding hydrogens is 256 g/mol. The number of nitrogens with zero attached hydrogens (tertiary/aromatic N) is 2. The van der Waals surface area contributed by atoms with E-state index in [-0.39, 0.29) is 5.91 Å². The van der Waals surface area contributed by atoms with Gasteiger partial charge in [-0.2, -0.15) is 5.10 Å². The number of anilines is 1. The van der Waals surface area contributed by atoms with Crippen LogP contribution in [0.1, 0.15) is 47.8 Å². The Labute approximate surface area is 118 Å². The van der Waals surface area contributed by atoms with E-state index in [0.717, 1.165) is 31.1 Å². The zero-order chi connectivity index (χ0) is 14.1. The number of nitrogen functional groups attached to an aromatic ring is 1. The number of rotatable bonds is 7. The Morgan fingerprint density at radius 3 is 2.85 bits per heavy atom. The summed E-state index contributed by atoms with van der Waals surface area (Å²) in [5.74, 6) is 1.08. The maximum Gasteiger partial charge on any atom is 0.276 e. The third-order valence-corrected chi connectivity index (χ3v) is 3.99. The fourth-order valence-corrected chi connectivity index (χ4v) is 2.23. The van der Waals surface area contributed by atoms with Crippen LogP contribution in [0.2, 0.25) is 0 Å². The zero-order valence-corrected chi connectivity index (χ0v) is 11.9. The predicted molar refractivity (Wildman–Crippen MR) is 75.5 cm³/mol. The summed E-state index contributed by atoms with van der Waals surface area (Å²) >= 11 is 0. The number of nitrogens with two attached hydrogens (primary N) is 1. The quantitative estimate of drug-likeness (QED) is 0.738. The number of nitrogens with one attached hydrogen (secondary N) is 1. The third kappa shape index (κ3) is 2.95. The summed E-state index contributed by atoms with van der Waals surface area (Å²) in [7, 11) is 1.76. The van der Waals surface area contributed by atoms with Gasteiger partial charge >= 0.3 is 0 Å². The number of aromatic nitrogens is 2. The number of hydrogen-bond acceptors (Lipinski definition) is 4. The molecule has 1 aromatic rings. The molecule has 0 aliphatic heterocycles. The van der Waals surface area contributed by atoms with E-state index in [1.54, 1.807) is 11.9 Å². The van der Waals surface area contributed by atoms with Gasteiger partial charge in [-0.05, 0) is 31.6 Å². The van der Waals surface area contributed by atoms with Crippen molar-refractivity contribution in [3.63, 3.8) is 0 Å². The van der Waals surface area contributed by atoms with Crippen molar-refractivity contribution in [2.24, 2.45) is 5.92 Å². The van der Waals surface area contributed by atoms with Crippen molar-refractivity contribution in [1.29, 1.82) is 0 Å². The Morgan fingerprint density at radius 1 is 1.45 bits per heavy atom. The average molecular weight is 278 g/mol. The van der Waals surface area contributed by atoms with Crippen LogP contribution < -0.4 is 5.73 Å². The fourth-order valence-electron chi connectivity index (χ4n) is 2.23. The number of carbonyl (C=O) groups is 1. The van der Waals surface area contributed by atoms with Crippen molar-refractivity contribution in [3.8, 4) is 0 Å². The van der Waals surface area contributed by atoms with E-state index in [9.17, 15) is 4.79 Å². The summed E-state index contributed by atoms with van der Waals surface area (Å²) in [5.41, 5.74) is 7.80. The Kier molecular flexibility index (Phi) is 3.65. The molecule has 0 unspecified atom stereocenters. The van der Waals surface area contributed by atoms with Gasteiger partial charge in [0.25, 0.3) is 5.91 Å². The molecule has 0 bridgehead atoms. The van der Waals surface area contributed by atoms with Gasteiger partial charge in [0.15, 0.2) is 5.69 Å². The number of ether oxygens (including phenoxy) is 1. The highest BCUT2D eigenvalue weighted by molar-refractivity contribution is 5.97. The molecule has 2 saturated carbocycles. The number of hydrogen-bond donors (Lipinski definition) is 2. The maximum atomic E-state index is 12.3. The van der Waals surface area contributed by atoms with E-state index in [1.807, 2.05) is 0 Å². The largest absolute Gasteiger partial charge is 0.395 e. The van der Waals surface area contributed by atoms with E-state index in [0.29, 0.717) is 30.5 Å². The van der Waals surface area contributed by atoms with Gasteiger partial charge in [0.1, 0.15) is 0 Å². The fraction of sp³-hybridized carbons (Fsp3) is 0.714. The van der Waals surface area contributed by atoms with Crippen molar-refractivity contribution >= 4 is 11.6 Å². The lowest BCUT2D eigenvalue weighted by Gasteiger charge is -2.16. The van der Waals surface area contributed by atoms with Gasteiger partial charge in [-0.15, -0.1) is 0 Å². The van der Waals surface area contributed by atoms with Gasteiger partial charge in [0.2, 0.25) is 0 Å². The summed E-state index contributed by atoms with van der Waals surface area (Å²) < 4.78 is 5.54. The summed E-state index contributed by atoms with van der Waals surface area (Å²) in [5, 5.41) is 6.99. The molecule has 1 amide bonds. The second-order valence-corrected chi connectivity index (χ2v) is 5.92. The van der Waals surface area contributed by atoms with E-state index in [4.69, 9.17) is 10.5 Å². The predicted octanol–water partition coefficient (Wildman–Crippen LogP) is 1.37. The van der Waals surface area contributed by atoms with Gasteiger partial charge in [0, 0.05) is 26.1 Å². The molecule has 2 aliphatic rings. The molecule has 6 heteroatoms. The van der Waals surface area contributed by atoms with Crippen LogP contribution in [0.5, 0.6) is 0 Å². The van der Waals surface area contributed by atoms with Gasteiger partial charge in [0.05, 0.1) is 18.0 Å². The minimum Gasteiger partial charge on any atom is -0.395 e. The zero-order valence-electron chi connectivity index (χ0n) is 11.9. The Bertz CT molecular complexity index is 491. The van der Waals surface area contributed by atoms with Crippen LogP contribution >= 0.6 is 0 Å². The normalized spacial score (nSPS) is 18.2. The monoisotopic (exact) mass is 278 g/mol. The van der Waals surface area contributed by atoms with Gasteiger partial charge in [-0.25, -0.2) is 0 Å². The Hall–Kier alpha value is -1.56. The minimum absolute atomic E-state index is 0.138. The third-order valence-electron chi connectivity index (χ3n) is 3.99. The van der Waals surface area contributed by atoms with Crippen LogP contribution in [0, 0.1) is 5.92 Å². The lowest BCUT2D eigenvalue weighted by atomic mass is 10.2. The average Bonchev–Trinajstić information content (AvgIpc) is 3.34. The molecule has 0 spiro atoms. The molecule has 3 rings (SSSR count). The van der Waals surface area contributed by atoms with E-state index in [1.165, 1.54) is 12.8 Å². The molecule has 1 aromatic heterocycles. The number of amides is 1. The molecule has 20 heavy (non-hydrogen) atoms. The van der Waals surface area contributed by atoms with Crippen LogP contribution in [0.3, 0.4) is 0 Å². The first-order valence-electron chi connectivity index (χ1n) is 7.33. The SMILES string of the molecule is CN(CCOCC1CC1)C(=O)c1n[nH]c(C2CC2)c1N. The molecule has 2 fully saturated rings. The van der Waals surface area contributed by atoms with E-state index >= 15 is 0 Å². The van der Waals surface area contributed by atoms with Crippen molar-refractivity contribution in [3.05, 3.63) is 11.4 Å². The van der Waals surface area contributed by atoms with Crippen LogP contribution in [-0.2, 0) is 4.74 Å². The summed E-state index contributed by atoms with van der Waals surface area (Å²) in [6.45, 7) is 1.95. The molecule has 0 saturated heterocycles. The topological polar surface area (TPSA) is 84.2 Å². The van der Waals surface area contributed by atoms with Gasteiger partial charge < -0.3 is 15.4 Å². The lowest BCUT2D eigenvalue weighted by molar-refractivity contribution is 0.0677. The first-order chi connectivity index (χ1) is 9.66. The summed E-state index contributed by atoms with van der Waals surface area (Å²) in [4.78, 5) is 13.9. The number of likely N-dealkylation sites (N-methyl/N-ethyl adjacent to an activating group) is 1. The van der Waals surface area contributed by atoms with Crippen LogP contribution in [0.4, 0.5) is 5.69 Å². The van der Waals surface area contributed by atoms with Crippen molar-refractivity contribution in [2.75, 3.05) is 32.5 Å². The molecule has 3 N–H and O–H groups in total. The second kappa shape index (κ2) is 5.44. The summed E-state index contributed by atoms with van der Waals surface area (Å²) in [6, 6.07) is 0. The standard InChI is InChI=1S/C14H22N4O2/c1-18(6-7-20-8-9-2-3-9)14(19)13-11(15)12(16-17-13)10-4-5-10/h9-10H,2-8,15H2,1H3,(H,16,17). The van der Waals surface area contributed by atoms with Crippen molar-refractivity contribution in [2.45, 2.75) is 31.6 Å². The molecule has 0 aromatic carbocycles. The van der Waals surface area contributed by atoms with Crippen LogP contribution in [0.25, 0.3) is 0 Å². The first kappa shape index (κ1) is 13.4. The first-order valence-corrected chi connectivity index (χ1v) is 7.33. The molecule has 1 heterocycles. The Balaban J connectivity index is 1.51. The van der Waals surface area contributed by atoms with Gasteiger partial charge in [-0.3, -0.25) is 9.89 Å². The Morgan fingerprint density at radius 2 is 2.20 bits per heavy atom. The minimum atomic E-state index is -0.138. The number of carbonyl (C=O) groups excluding carboxylic acids is 1. The lowest BCUT2D eigenvalue weighted by Crippen LogP contribution is -2.31. The maximum absolute atomic E-state index is 12.3. The summed E-state index contributed by atoms with van der Waals surface area (Å²) in [6.07, 6.45) is 4.82. The van der Waals surface area contributed by atoms with Gasteiger partial charge in [-0.1, -0.05) is 0 Å². The highest BCUT2D eigenvalue weighted by atomic mass is 16.5. The van der Waals surface area contributed by atoms with Crippen LogP contribution in [0.15, 0.2) is 0 Å². The van der Waals surface area contributed by atoms with Crippen molar-refractivity contribution < 1.29 is 9.53 Å². The van der Waals surface area contributed by atoms with E-state index in [2.05, 4.69) is 10.2 Å². The number of aromatic amines is 1. The molecule has 0 atom stereocenters. The van der Waals surface area contributed by atoms with Crippen molar-refractivity contribution in [1.82, 2.24) is 15.1 Å². The van der Waals surface area contributed by atoms with Crippen LogP contribution in [-0.4, -0.2) is 47.8 Å². The second-order valence-electron chi connectivity index (χ2n) is 5.92. The molecule has 2 aliphatic carbocycles.